The largest absolute Gasteiger partial charge is 0.454 e. The van der Waals surface area contributed by atoms with Crippen molar-refractivity contribution >= 4 is 29.3 Å². The van der Waals surface area contributed by atoms with Crippen LogP contribution in [-0.4, -0.2) is 28.4 Å². The molecule has 4 rings (SSSR count). The van der Waals surface area contributed by atoms with Crippen LogP contribution in [0.25, 0.3) is 6.08 Å². The highest BCUT2D eigenvalue weighted by Crippen LogP contribution is 2.32. The van der Waals surface area contributed by atoms with Crippen molar-refractivity contribution in [3.63, 3.8) is 0 Å². The predicted octanol–water partition coefficient (Wildman–Crippen LogP) is 3.05. The summed E-state index contributed by atoms with van der Waals surface area (Å²) in [4.78, 5) is 24.6. The summed E-state index contributed by atoms with van der Waals surface area (Å²) in [7, 11) is 1.81. The van der Waals surface area contributed by atoms with Crippen LogP contribution in [0.1, 0.15) is 15.9 Å². The molecule has 0 bridgehead atoms. The number of ether oxygens (including phenoxy) is 2. The Morgan fingerprint density at radius 2 is 1.86 bits per heavy atom. The van der Waals surface area contributed by atoms with Crippen LogP contribution < -0.4 is 20.1 Å². The number of amides is 2. The van der Waals surface area contributed by atoms with Gasteiger partial charge in [-0.05, 0) is 42.5 Å². The minimum Gasteiger partial charge on any atom is -0.454 e. The van der Waals surface area contributed by atoms with E-state index in [0.717, 1.165) is 5.56 Å². The quantitative estimate of drug-likeness (QED) is 0.653. The molecular formula is C21H18N4O4. The van der Waals surface area contributed by atoms with Crippen LogP contribution in [0, 0.1) is 0 Å². The van der Waals surface area contributed by atoms with Crippen LogP contribution in [0.15, 0.2) is 60.9 Å². The van der Waals surface area contributed by atoms with E-state index in [1.165, 1.54) is 6.08 Å². The highest BCUT2D eigenvalue weighted by Gasteiger charge is 2.16. The number of hydrogen-bond donors (Lipinski definition) is 2. The molecular weight excluding hydrogens is 372 g/mol. The molecule has 29 heavy (non-hydrogen) atoms. The molecule has 2 heterocycles. The molecule has 0 aliphatic carbocycles. The third kappa shape index (κ3) is 4.44. The Labute approximate surface area is 166 Å². The number of carbonyl (C=O) groups excluding carboxylic acids is 2. The zero-order chi connectivity index (χ0) is 20.2. The predicted molar refractivity (Wildman–Crippen MR) is 108 cm³/mol. The molecule has 2 amide bonds. The van der Waals surface area contributed by atoms with Gasteiger partial charge in [-0.3, -0.25) is 14.3 Å². The van der Waals surface area contributed by atoms with Crippen LogP contribution in [-0.2, 0) is 11.8 Å². The number of benzene rings is 2. The second-order valence-electron chi connectivity index (χ2n) is 6.37. The van der Waals surface area contributed by atoms with E-state index in [2.05, 4.69) is 15.7 Å². The van der Waals surface area contributed by atoms with Gasteiger partial charge in [0.05, 0.1) is 6.20 Å². The third-order valence-electron chi connectivity index (χ3n) is 4.17. The fourth-order valence-electron chi connectivity index (χ4n) is 2.80. The Morgan fingerprint density at radius 3 is 2.66 bits per heavy atom. The number of hydrogen-bond acceptors (Lipinski definition) is 5. The minimum atomic E-state index is -0.289. The van der Waals surface area contributed by atoms with Gasteiger partial charge in [-0.15, -0.1) is 0 Å². The standard InChI is InChI=1S/C21H18N4O4/c1-25-12-14(11-22-25)5-8-20(26)23-16-3-2-4-17(10-16)24-21(27)15-6-7-18-19(9-15)29-13-28-18/h2-12H,13H2,1H3,(H,23,26)(H,24,27)/b8-5+. The fourth-order valence-corrected chi connectivity index (χ4v) is 2.80. The lowest BCUT2D eigenvalue weighted by atomic mass is 10.2. The average molecular weight is 390 g/mol. The molecule has 8 nitrogen and oxygen atoms in total. The normalized spacial score (nSPS) is 12.2. The highest BCUT2D eigenvalue weighted by atomic mass is 16.7. The fraction of sp³-hybridized carbons (Fsp3) is 0.0952. The average Bonchev–Trinajstić information content (AvgIpc) is 3.34. The first-order chi connectivity index (χ1) is 14.1. The molecule has 0 unspecified atom stereocenters. The van der Waals surface area contributed by atoms with Crippen LogP contribution in [0.3, 0.4) is 0 Å². The van der Waals surface area contributed by atoms with Crippen LogP contribution in [0.2, 0.25) is 0 Å². The van der Waals surface area contributed by atoms with E-state index < -0.39 is 0 Å². The summed E-state index contributed by atoms with van der Waals surface area (Å²) in [5.74, 6) is 0.584. The molecule has 3 aromatic rings. The maximum absolute atomic E-state index is 12.5. The Hall–Kier alpha value is -4.07. The molecule has 146 valence electrons. The smallest absolute Gasteiger partial charge is 0.255 e. The third-order valence-corrected chi connectivity index (χ3v) is 4.17. The van der Waals surface area contributed by atoms with Crippen molar-refractivity contribution in [3.05, 3.63) is 72.1 Å². The number of nitrogens with zero attached hydrogens (tertiary/aromatic N) is 2. The molecule has 8 heteroatoms. The van der Waals surface area contributed by atoms with Crippen molar-refractivity contribution in [3.8, 4) is 11.5 Å². The van der Waals surface area contributed by atoms with Crippen molar-refractivity contribution in [1.29, 1.82) is 0 Å². The van der Waals surface area contributed by atoms with E-state index in [9.17, 15) is 9.59 Å². The Morgan fingerprint density at radius 1 is 1.07 bits per heavy atom. The summed E-state index contributed by atoms with van der Waals surface area (Å²) in [5, 5.41) is 9.61. The lowest BCUT2D eigenvalue weighted by molar-refractivity contribution is -0.111. The van der Waals surface area contributed by atoms with E-state index in [4.69, 9.17) is 9.47 Å². The molecule has 0 spiro atoms. The van der Waals surface area contributed by atoms with E-state index in [0.29, 0.717) is 28.4 Å². The minimum absolute atomic E-state index is 0.150. The van der Waals surface area contributed by atoms with Crippen molar-refractivity contribution in [2.45, 2.75) is 0 Å². The van der Waals surface area contributed by atoms with E-state index in [-0.39, 0.29) is 18.6 Å². The number of nitrogens with one attached hydrogen (secondary N) is 2. The van der Waals surface area contributed by atoms with Gasteiger partial charge in [0.15, 0.2) is 11.5 Å². The molecule has 0 fully saturated rings. The summed E-state index contributed by atoms with van der Waals surface area (Å²) in [6.45, 7) is 0.150. The second-order valence-corrected chi connectivity index (χ2v) is 6.37. The van der Waals surface area contributed by atoms with Gasteiger partial charge in [-0.25, -0.2) is 0 Å². The Balaban J connectivity index is 1.40. The molecule has 0 saturated heterocycles. The summed E-state index contributed by atoms with van der Waals surface area (Å²) < 4.78 is 12.2. The number of aryl methyl sites for hydroxylation is 1. The lowest BCUT2D eigenvalue weighted by Crippen LogP contribution is -2.12. The van der Waals surface area contributed by atoms with Crippen LogP contribution >= 0.6 is 0 Å². The van der Waals surface area contributed by atoms with Gasteiger partial charge in [0.25, 0.3) is 5.91 Å². The van der Waals surface area contributed by atoms with Crippen molar-refractivity contribution < 1.29 is 19.1 Å². The lowest BCUT2D eigenvalue weighted by Gasteiger charge is -2.08. The van der Waals surface area contributed by atoms with Gasteiger partial charge in [-0.1, -0.05) is 6.07 Å². The first-order valence-electron chi connectivity index (χ1n) is 8.85. The summed E-state index contributed by atoms with van der Waals surface area (Å²) >= 11 is 0. The maximum Gasteiger partial charge on any atom is 0.255 e. The Kier molecular flexibility index (Phi) is 4.98. The van der Waals surface area contributed by atoms with Gasteiger partial charge >= 0.3 is 0 Å². The number of rotatable bonds is 5. The Bertz CT molecular complexity index is 1100. The molecule has 1 aliphatic rings. The van der Waals surface area contributed by atoms with Gasteiger partial charge in [0.2, 0.25) is 12.7 Å². The van der Waals surface area contributed by atoms with Crippen molar-refractivity contribution in [2.24, 2.45) is 7.05 Å². The van der Waals surface area contributed by atoms with Gasteiger partial charge in [0, 0.05) is 41.8 Å². The molecule has 2 N–H and O–H groups in total. The first kappa shape index (κ1) is 18.3. The highest BCUT2D eigenvalue weighted by molar-refractivity contribution is 6.06. The number of aromatic nitrogens is 2. The van der Waals surface area contributed by atoms with E-state index in [1.807, 2.05) is 0 Å². The molecule has 0 saturated carbocycles. The summed E-state index contributed by atoms with van der Waals surface area (Å²) in [6, 6.07) is 11.9. The van der Waals surface area contributed by atoms with Crippen LogP contribution in [0.4, 0.5) is 11.4 Å². The van der Waals surface area contributed by atoms with Gasteiger partial charge in [-0.2, -0.15) is 5.10 Å². The zero-order valence-corrected chi connectivity index (χ0v) is 15.6. The van der Waals surface area contributed by atoms with Gasteiger partial charge in [0.1, 0.15) is 0 Å². The van der Waals surface area contributed by atoms with Crippen LogP contribution in [0.5, 0.6) is 11.5 Å². The van der Waals surface area contributed by atoms with Crippen molar-refractivity contribution in [2.75, 3.05) is 17.4 Å². The summed E-state index contributed by atoms with van der Waals surface area (Å²) in [6.07, 6.45) is 6.56. The molecule has 1 aromatic heterocycles. The topological polar surface area (TPSA) is 94.5 Å². The maximum atomic E-state index is 12.5. The molecule has 0 atom stereocenters. The molecule has 2 aromatic carbocycles. The van der Waals surface area contributed by atoms with Gasteiger partial charge < -0.3 is 20.1 Å². The molecule has 1 aliphatic heterocycles. The zero-order valence-electron chi connectivity index (χ0n) is 15.6. The molecule has 0 radical (unpaired) electrons. The summed E-state index contributed by atoms with van der Waals surface area (Å²) in [5.41, 5.74) is 2.39. The van der Waals surface area contributed by atoms with E-state index >= 15 is 0 Å². The number of fused-ring (bicyclic) bond motifs is 1. The SMILES string of the molecule is Cn1cc(/C=C/C(=O)Nc2cccc(NC(=O)c3ccc4c(c3)OCO4)c2)cn1. The number of carbonyl (C=O) groups is 2. The van der Waals surface area contributed by atoms with E-state index in [1.54, 1.807) is 72.7 Å². The van der Waals surface area contributed by atoms with Crippen molar-refractivity contribution in [1.82, 2.24) is 9.78 Å². The second kappa shape index (κ2) is 7.89. The first-order valence-corrected chi connectivity index (χ1v) is 8.85. The number of anilines is 2. The monoisotopic (exact) mass is 390 g/mol.